The molecule has 0 amide bonds. The fourth-order valence-electron chi connectivity index (χ4n) is 3.67. The van der Waals surface area contributed by atoms with Crippen molar-refractivity contribution in [3.8, 4) is 11.5 Å². The van der Waals surface area contributed by atoms with Crippen LogP contribution in [0.15, 0.2) is 55.2 Å². The number of rotatable bonds is 4. The van der Waals surface area contributed by atoms with Gasteiger partial charge in [-0.25, -0.2) is 9.97 Å². The molecule has 4 heteroatoms. The molecule has 1 aliphatic carbocycles. The Bertz CT molecular complexity index is 771. The Kier molecular flexibility index (Phi) is 2.76. The van der Waals surface area contributed by atoms with Gasteiger partial charge in [-0.15, -0.1) is 0 Å². The molecule has 0 aliphatic heterocycles. The molecule has 0 radical (unpaired) electrons. The highest BCUT2D eigenvalue weighted by atomic mass is 15.1. The molecular formula is C18H20N4. The van der Waals surface area contributed by atoms with Crippen LogP contribution in [0.25, 0.3) is 11.5 Å². The first-order chi connectivity index (χ1) is 10.6. The molecule has 2 heterocycles. The Labute approximate surface area is 130 Å². The van der Waals surface area contributed by atoms with E-state index < -0.39 is 0 Å². The molecule has 0 bridgehead atoms. The number of H-pyrrole nitrogens is 1. The van der Waals surface area contributed by atoms with Gasteiger partial charge in [-0.2, -0.15) is 0 Å². The molecule has 1 fully saturated rings. The highest BCUT2D eigenvalue weighted by molar-refractivity contribution is 5.48. The second-order valence-corrected chi connectivity index (χ2v) is 6.85. The Morgan fingerprint density at radius 2 is 2.00 bits per heavy atom. The lowest BCUT2D eigenvalue weighted by Gasteiger charge is -2.23. The van der Waals surface area contributed by atoms with E-state index in [1.165, 1.54) is 12.0 Å². The zero-order valence-corrected chi connectivity index (χ0v) is 13.0. The zero-order valence-electron chi connectivity index (χ0n) is 13.0. The molecular weight excluding hydrogens is 272 g/mol. The molecule has 2 aromatic heterocycles. The second kappa shape index (κ2) is 4.57. The van der Waals surface area contributed by atoms with Gasteiger partial charge in [0, 0.05) is 24.4 Å². The summed E-state index contributed by atoms with van der Waals surface area (Å²) in [5, 5.41) is 0. The van der Waals surface area contributed by atoms with Gasteiger partial charge >= 0.3 is 0 Å². The third-order valence-electron chi connectivity index (χ3n) is 5.14. The molecule has 1 saturated carbocycles. The van der Waals surface area contributed by atoms with Crippen LogP contribution in [0.4, 0.5) is 0 Å². The molecule has 112 valence electrons. The minimum Gasteiger partial charge on any atom is -0.342 e. The predicted octanol–water partition coefficient (Wildman–Crippen LogP) is 3.64. The van der Waals surface area contributed by atoms with E-state index >= 15 is 0 Å². The number of nitrogens with one attached hydrogen (secondary N) is 1. The summed E-state index contributed by atoms with van der Waals surface area (Å²) < 4.78 is 2.25. The standard InChI is InChI=1S/C18H20N4/c1-17(2)11-18(17,14-6-4-3-5-7-14)12-22-9-8-20-16(22)15-10-19-13-21-15/h3-10,13H,11-12H2,1-2H3,(H,19,21). The fourth-order valence-corrected chi connectivity index (χ4v) is 3.67. The molecule has 4 nitrogen and oxygen atoms in total. The minimum atomic E-state index is 0.184. The van der Waals surface area contributed by atoms with Gasteiger partial charge in [0.2, 0.25) is 0 Å². The topological polar surface area (TPSA) is 46.5 Å². The van der Waals surface area contributed by atoms with Crippen molar-refractivity contribution in [1.82, 2.24) is 19.5 Å². The summed E-state index contributed by atoms with van der Waals surface area (Å²) >= 11 is 0. The van der Waals surface area contributed by atoms with Crippen LogP contribution in [-0.4, -0.2) is 19.5 Å². The van der Waals surface area contributed by atoms with Gasteiger partial charge in [0.1, 0.15) is 5.69 Å². The van der Waals surface area contributed by atoms with Crippen LogP contribution in [0.3, 0.4) is 0 Å². The smallest absolute Gasteiger partial charge is 0.158 e. The lowest BCUT2D eigenvalue weighted by atomic mass is 9.87. The number of hydrogen-bond acceptors (Lipinski definition) is 2. The van der Waals surface area contributed by atoms with Crippen molar-refractivity contribution in [2.24, 2.45) is 5.41 Å². The fraction of sp³-hybridized carbons (Fsp3) is 0.333. The van der Waals surface area contributed by atoms with Crippen LogP contribution in [0.2, 0.25) is 0 Å². The third-order valence-corrected chi connectivity index (χ3v) is 5.14. The Balaban J connectivity index is 1.73. The van der Waals surface area contributed by atoms with Crippen LogP contribution >= 0.6 is 0 Å². The van der Waals surface area contributed by atoms with Crippen molar-refractivity contribution in [2.75, 3.05) is 0 Å². The third kappa shape index (κ3) is 1.90. The van der Waals surface area contributed by atoms with E-state index in [-0.39, 0.29) is 5.41 Å². The van der Waals surface area contributed by atoms with E-state index in [9.17, 15) is 0 Å². The largest absolute Gasteiger partial charge is 0.342 e. The lowest BCUT2D eigenvalue weighted by molar-refractivity contribution is 0.436. The summed E-state index contributed by atoms with van der Waals surface area (Å²) in [4.78, 5) is 11.8. The molecule has 0 spiro atoms. The van der Waals surface area contributed by atoms with Crippen LogP contribution in [-0.2, 0) is 12.0 Å². The molecule has 1 atom stereocenters. The van der Waals surface area contributed by atoms with Gasteiger partial charge in [0.05, 0.1) is 12.5 Å². The maximum absolute atomic E-state index is 4.50. The minimum absolute atomic E-state index is 0.184. The van der Waals surface area contributed by atoms with E-state index in [1.807, 2.05) is 12.4 Å². The Morgan fingerprint density at radius 3 is 2.64 bits per heavy atom. The summed E-state index contributed by atoms with van der Waals surface area (Å²) in [6.45, 7) is 5.65. The number of hydrogen-bond donors (Lipinski definition) is 1. The molecule has 22 heavy (non-hydrogen) atoms. The normalized spacial score (nSPS) is 22.6. The summed E-state index contributed by atoms with van der Waals surface area (Å²) in [5.41, 5.74) is 2.88. The number of aromatic nitrogens is 4. The van der Waals surface area contributed by atoms with Crippen LogP contribution in [0.5, 0.6) is 0 Å². The zero-order chi connectivity index (χ0) is 15.2. The van der Waals surface area contributed by atoms with Gasteiger partial charge < -0.3 is 9.55 Å². The van der Waals surface area contributed by atoms with Crippen LogP contribution < -0.4 is 0 Å². The number of imidazole rings is 2. The van der Waals surface area contributed by atoms with Crippen molar-refractivity contribution in [3.63, 3.8) is 0 Å². The highest BCUT2D eigenvalue weighted by Crippen LogP contribution is 2.65. The van der Waals surface area contributed by atoms with E-state index in [1.54, 1.807) is 6.33 Å². The Morgan fingerprint density at radius 1 is 1.23 bits per heavy atom. The van der Waals surface area contributed by atoms with Gasteiger partial charge in [0.25, 0.3) is 0 Å². The summed E-state index contributed by atoms with van der Waals surface area (Å²) in [7, 11) is 0. The van der Waals surface area contributed by atoms with Gasteiger partial charge in [0.15, 0.2) is 5.82 Å². The maximum Gasteiger partial charge on any atom is 0.158 e. The SMILES string of the molecule is CC1(C)CC1(Cn1ccnc1-c1cnc[nH]1)c1ccccc1. The van der Waals surface area contributed by atoms with Crippen molar-refractivity contribution < 1.29 is 0 Å². The maximum atomic E-state index is 4.50. The van der Waals surface area contributed by atoms with Crippen molar-refractivity contribution in [2.45, 2.75) is 32.2 Å². The molecule has 1 aromatic carbocycles. The predicted molar refractivity (Wildman–Crippen MR) is 86.3 cm³/mol. The highest BCUT2D eigenvalue weighted by Gasteiger charge is 2.61. The molecule has 1 N–H and O–H groups in total. The number of aromatic amines is 1. The van der Waals surface area contributed by atoms with Crippen molar-refractivity contribution in [3.05, 3.63) is 60.8 Å². The molecule has 3 aromatic rings. The summed E-state index contributed by atoms with van der Waals surface area (Å²) in [5.74, 6) is 0.954. The first-order valence-electron chi connectivity index (χ1n) is 7.68. The van der Waals surface area contributed by atoms with Gasteiger partial charge in [-0.3, -0.25) is 0 Å². The van der Waals surface area contributed by atoms with Gasteiger partial charge in [-0.1, -0.05) is 44.2 Å². The Hall–Kier alpha value is -2.36. The first-order valence-corrected chi connectivity index (χ1v) is 7.68. The van der Waals surface area contributed by atoms with E-state index in [0.29, 0.717) is 5.41 Å². The lowest BCUT2D eigenvalue weighted by Crippen LogP contribution is -2.22. The molecule has 1 aliphatic rings. The number of nitrogens with zero attached hydrogens (tertiary/aromatic N) is 3. The molecule has 4 rings (SSSR count). The van der Waals surface area contributed by atoms with Crippen LogP contribution in [0.1, 0.15) is 25.8 Å². The summed E-state index contributed by atoms with van der Waals surface area (Å²) in [6.07, 6.45) is 8.65. The second-order valence-electron chi connectivity index (χ2n) is 6.85. The monoisotopic (exact) mass is 292 g/mol. The van der Waals surface area contributed by atoms with Crippen molar-refractivity contribution in [1.29, 1.82) is 0 Å². The number of benzene rings is 1. The first kappa shape index (κ1) is 13.3. The van der Waals surface area contributed by atoms with Gasteiger partial charge in [-0.05, 0) is 17.4 Å². The average molecular weight is 292 g/mol. The van der Waals surface area contributed by atoms with Crippen LogP contribution in [0, 0.1) is 5.41 Å². The molecule has 0 saturated heterocycles. The van der Waals surface area contributed by atoms with E-state index in [0.717, 1.165) is 18.1 Å². The van der Waals surface area contributed by atoms with E-state index in [4.69, 9.17) is 0 Å². The quantitative estimate of drug-likeness (QED) is 0.798. The average Bonchev–Trinajstić information content (AvgIpc) is 2.97. The molecule has 1 unspecified atom stereocenters. The van der Waals surface area contributed by atoms with E-state index in [2.05, 4.69) is 69.9 Å². The van der Waals surface area contributed by atoms with Crippen molar-refractivity contribution >= 4 is 0 Å². The summed E-state index contributed by atoms with van der Waals surface area (Å²) in [6, 6.07) is 10.9.